The Morgan fingerprint density at radius 2 is 2.06 bits per heavy atom. The van der Waals surface area contributed by atoms with Gasteiger partial charge in [-0.3, -0.25) is 14.8 Å². The smallest absolute Gasteiger partial charge is 0.188 e. The molecule has 0 fully saturated rings. The van der Waals surface area contributed by atoms with Crippen LogP contribution < -0.4 is 0 Å². The second-order valence-electron chi connectivity index (χ2n) is 3.30. The number of hydrogen-bond donors (Lipinski definition) is 0. The Labute approximate surface area is 92.0 Å². The summed E-state index contributed by atoms with van der Waals surface area (Å²) in [7, 11) is 0. The summed E-state index contributed by atoms with van der Waals surface area (Å²) in [6, 6.07) is 6.18. The maximum Gasteiger partial charge on any atom is 0.188 e. The number of Topliss-reactive ketones (excluding diaryl/α,β-unsaturated/α-hetero) is 1. The van der Waals surface area contributed by atoms with E-state index in [0.717, 1.165) is 5.56 Å². The van der Waals surface area contributed by atoms with Gasteiger partial charge in [-0.05, 0) is 23.8 Å². The molecule has 2 rings (SSSR count). The first-order valence-electron chi connectivity index (χ1n) is 4.80. The van der Waals surface area contributed by atoms with Crippen molar-refractivity contribution < 1.29 is 9.18 Å². The minimum absolute atomic E-state index is 0.113. The number of rotatable bonds is 3. The second kappa shape index (κ2) is 4.61. The van der Waals surface area contributed by atoms with E-state index in [2.05, 4.69) is 9.97 Å². The van der Waals surface area contributed by atoms with Crippen LogP contribution in [0.25, 0.3) is 0 Å². The van der Waals surface area contributed by atoms with Crippen LogP contribution >= 0.6 is 0 Å². The van der Waals surface area contributed by atoms with E-state index in [1.54, 1.807) is 24.5 Å². The molecule has 0 aliphatic carbocycles. The Bertz CT molecular complexity index is 499. The third-order valence-electron chi connectivity index (χ3n) is 2.11. The molecule has 0 N–H and O–H groups in total. The predicted octanol–water partition coefficient (Wildman–Crippen LogP) is 2.04. The van der Waals surface area contributed by atoms with Crippen molar-refractivity contribution in [3.05, 3.63) is 59.9 Å². The van der Waals surface area contributed by atoms with Crippen LogP contribution in [0.15, 0.2) is 42.9 Å². The molecule has 2 heterocycles. The fourth-order valence-corrected chi connectivity index (χ4v) is 1.36. The van der Waals surface area contributed by atoms with Gasteiger partial charge in [0.25, 0.3) is 0 Å². The number of pyridine rings is 2. The quantitative estimate of drug-likeness (QED) is 0.737. The van der Waals surface area contributed by atoms with Gasteiger partial charge in [-0.25, -0.2) is 4.39 Å². The molecule has 80 valence electrons. The molecule has 0 saturated heterocycles. The van der Waals surface area contributed by atoms with Gasteiger partial charge in [0.2, 0.25) is 0 Å². The fraction of sp³-hybridized carbons (Fsp3) is 0.0833. The number of carbonyl (C=O) groups is 1. The van der Waals surface area contributed by atoms with E-state index < -0.39 is 5.82 Å². The van der Waals surface area contributed by atoms with E-state index in [1.165, 1.54) is 18.3 Å². The standard InChI is InChI=1S/C12H9FN2O/c13-10-4-2-6-15-12(10)11(16)7-9-3-1-5-14-8-9/h1-6,8H,7H2. The van der Waals surface area contributed by atoms with Crippen molar-refractivity contribution in [2.45, 2.75) is 6.42 Å². The Morgan fingerprint density at radius 3 is 2.75 bits per heavy atom. The molecule has 0 atom stereocenters. The average molecular weight is 216 g/mol. The molecular weight excluding hydrogens is 207 g/mol. The van der Waals surface area contributed by atoms with Crippen molar-refractivity contribution in [3.63, 3.8) is 0 Å². The summed E-state index contributed by atoms with van der Waals surface area (Å²) < 4.78 is 13.2. The van der Waals surface area contributed by atoms with Crippen molar-refractivity contribution in [2.24, 2.45) is 0 Å². The highest BCUT2D eigenvalue weighted by Crippen LogP contribution is 2.07. The van der Waals surface area contributed by atoms with Gasteiger partial charge in [0.1, 0.15) is 5.69 Å². The Kier molecular flexibility index (Phi) is 3.00. The first-order chi connectivity index (χ1) is 7.77. The topological polar surface area (TPSA) is 42.9 Å². The molecule has 0 aromatic carbocycles. The summed E-state index contributed by atoms with van der Waals surface area (Å²) >= 11 is 0. The molecule has 0 unspecified atom stereocenters. The summed E-state index contributed by atoms with van der Waals surface area (Å²) in [5.41, 5.74) is 0.629. The molecule has 3 nitrogen and oxygen atoms in total. The summed E-state index contributed by atoms with van der Waals surface area (Å²) in [4.78, 5) is 19.3. The van der Waals surface area contributed by atoms with E-state index in [1.807, 2.05) is 0 Å². The zero-order valence-corrected chi connectivity index (χ0v) is 8.43. The molecule has 0 saturated carbocycles. The van der Waals surface area contributed by atoms with Crippen LogP contribution in [0.5, 0.6) is 0 Å². The highest BCUT2D eigenvalue weighted by atomic mass is 19.1. The van der Waals surface area contributed by atoms with Crippen molar-refractivity contribution in [1.29, 1.82) is 0 Å². The number of halogens is 1. The minimum atomic E-state index is -0.587. The van der Waals surface area contributed by atoms with Crippen molar-refractivity contribution in [2.75, 3.05) is 0 Å². The summed E-state index contributed by atoms with van der Waals surface area (Å²) in [5.74, 6) is -0.928. The van der Waals surface area contributed by atoms with Crippen molar-refractivity contribution >= 4 is 5.78 Å². The number of carbonyl (C=O) groups excluding carboxylic acids is 1. The number of aromatic nitrogens is 2. The second-order valence-corrected chi connectivity index (χ2v) is 3.30. The first kappa shape index (κ1) is 10.4. The van der Waals surface area contributed by atoms with Crippen LogP contribution in [0.2, 0.25) is 0 Å². The molecule has 4 heteroatoms. The lowest BCUT2D eigenvalue weighted by Crippen LogP contribution is -2.08. The molecule has 0 bridgehead atoms. The van der Waals surface area contributed by atoms with E-state index >= 15 is 0 Å². The predicted molar refractivity (Wildman–Crippen MR) is 56.5 cm³/mol. The molecule has 0 radical (unpaired) electrons. The van der Waals surface area contributed by atoms with Crippen LogP contribution in [0.4, 0.5) is 4.39 Å². The van der Waals surface area contributed by atoms with Crippen LogP contribution in [-0.2, 0) is 6.42 Å². The lowest BCUT2D eigenvalue weighted by atomic mass is 10.1. The van der Waals surface area contributed by atoms with E-state index in [4.69, 9.17) is 0 Å². The SMILES string of the molecule is O=C(Cc1cccnc1)c1ncccc1F. The van der Waals surface area contributed by atoms with Gasteiger partial charge in [-0.2, -0.15) is 0 Å². The van der Waals surface area contributed by atoms with Crippen LogP contribution in [-0.4, -0.2) is 15.8 Å². The maximum absolute atomic E-state index is 13.2. The monoisotopic (exact) mass is 216 g/mol. The van der Waals surface area contributed by atoms with Gasteiger partial charge < -0.3 is 0 Å². The number of nitrogens with zero attached hydrogens (tertiary/aromatic N) is 2. The van der Waals surface area contributed by atoms with Crippen molar-refractivity contribution in [3.8, 4) is 0 Å². The maximum atomic E-state index is 13.2. The summed E-state index contributed by atoms with van der Waals surface area (Å²) in [6.07, 6.45) is 4.72. The minimum Gasteiger partial charge on any atom is -0.292 e. The molecule has 0 spiro atoms. The third kappa shape index (κ3) is 2.28. The zero-order chi connectivity index (χ0) is 11.4. The average Bonchev–Trinajstić information content (AvgIpc) is 2.31. The highest BCUT2D eigenvalue weighted by Gasteiger charge is 2.12. The van der Waals surface area contributed by atoms with E-state index in [0.29, 0.717) is 0 Å². The number of hydrogen-bond acceptors (Lipinski definition) is 3. The molecule has 0 amide bonds. The van der Waals surface area contributed by atoms with E-state index in [9.17, 15) is 9.18 Å². The van der Waals surface area contributed by atoms with Gasteiger partial charge in [-0.15, -0.1) is 0 Å². The first-order valence-corrected chi connectivity index (χ1v) is 4.80. The van der Waals surface area contributed by atoms with E-state index in [-0.39, 0.29) is 17.9 Å². The fourth-order valence-electron chi connectivity index (χ4n) is 1.36. The summed E-state index contributed by atoms with van der Waals surface area (Å²) in [5, 5.41) is 0. The largest absolute Gasteiger partial charge is 0.292 e. The Morgan fingerprint density at radius 1 is 1.25 bits per heavy atom. The van der Waals surface area contributed by atoms with Gasteiger partial charge in [0, 0.05) is 25.0 Å². The van der Waals surface area contributed by atoms with Gasteiger partial charge >= 0.3 is 0 Å². The lowest BCUT2D eigenvalue weighted by molar-refractivity contribution is 0.0984. The highest BCUT2D eigenvalue weighted by molar-refractivity contribution is 5.95. The molecule has 0 aliphatic heterocycles. The zero-order valence-electron chi connectivity index (χ0n) is 8.43. The molecular formula is C12H9FN2O. The van der Waals surface area contributed by atoms with Crippen LogP contribution in [0.3, 0.4) is 0 Å². The lowest BCUT2D eigenvalue weighted by Gasteiger charge is -2.00. The molecule has 2 aromatic heterocycles. The number of ketones is 1. The van der Waals surface area contributed by atoms with Crippen LogP contribution in [0.1, 0.15) is 16.1 Å². The molecule has 16 heavy (non-hydrogen) atoms. The van der Waals surface area contributed by atoms with Crippen molar-refractivity contribution in [1.82, 2.24) is 9.97 Å². The van der Waals surface area contributed by atoms with Gasteiger partial charge in [0.15, 0.2) is 11.6 Å². The van der Waals surface area contributed by atoms with Gasteiger partial charge in [0.05, 0.1) is 0 Å². The Balaban J connectivity index is 2.19. The van der Waals surface area contributed by atoms with Gasteiger partial charge in [-0.1, -0.05) is 6.07 Å². The Hall–Kier alpha value is -2.10. The summed E-state index contributed by atoms with van der Waals surface area (Å²) in [6.45, 7) is 0. The third-order valence-corrected chi connectivity index (χ3v) is 2.11. The molecule has 0 aliphatic rings. The molecule has 2 aromatic rings. The van der Waals surface area contributed by atoms with Crippen LogP contribution in [0, 0.1) is 5.82 Å². The normalized spacial score (nSPS) is 10.1.